The van der Waals surface area contributed by atoms with Gasteiger partial charge in [0, 0.05) is 11.8 Å². The van der Waals surface area contributed by atoms with Gasteiger partial charge >= 0.3 is 0 Å². The van der Waals surface area contributed by atoms with Gasteiger partial charge in [-0.05, 0) is 51.1 Å². The maximum Gasteiger partial charge on any atom is 0.238 e. The fourth-order valence-corrected chi connectivity index (χ4v) is 2.88. The highest BCUT2D eigenvalue weighted by Gasteiger charge is 2.14. The van der Waals surface area contributed by atoms with Crippen LogP contribution in [0.1, 0.15) is 16.7 Å². The number of likely N-dealkylation sites (N-methyl/N-ethyl adjacent to an activating group) is 1. The number of amides is 2. The number of hydrogen-bond acceptors (Lipinski definition) is 3. The number of carbonyl (C=O) groups excluding carboxylic acids is 2. The van der Waals surface area contributed by atoms with Crippen LogP contribution < -0.4 is 10.6 Å². The molecule has 2 N–H and O–H groups in total. The molecule has 5 nitrogen and oxygen atoms in total. The molecule has 0 aromatic heterocycles. The van der Waals surface area contributed by atoms with Gasteiger partial charge in [-0.2, -0.15) is 0 Å². The van der Waals surface area contributed by atoms with Gasteiger partial charge in [0.2, 0.25) is 11.8 Å². The summed E-state index contributed by atoms with van der Waals surface area (Å²) in [6.07, 6.45) is 0. The van der Waals surface area contributed by atoms with Crippen molar-refractivity contribution in [3.8, 4) is 0 Å². The van der Waals surface area contributed by atoms with Crippen molar-refractivity contribution in [2.24, 2.45) is 0 Å². The van der Waals surface area contributed by atoms with E-state index in [1.54, 1.807) is 7.05 Å². The van der Waals surface area contributed by atoms with Crippen molar-refractivity contribution in [3.63, 3.8) is 0 Å². The Morgan fingerprint density at radius 3 is 2.04 bits per heavy atom. The molecule has 144 valence electrons. The molecule has 0 saturated heterocycles. The zero-order chi connectivity index (χ0) is 20.1. The van der Waals surface area contributed by atoms with E-state index in [4.69, 9.17) is 0 Å². The number of halogens is 2. The van der Waals surface area contributed by atoms with E-state index >= 15 is 0 Å². The van der Waals surface area contributed by atoms with Crippen LogP contribution in [0.25, 0.3) is 0 Å². The Morgan fingerprint density at radius 1 is 0.926 bits per heavy atom. The van der Waals surface area contributed by atoms with Crippen LogP contribution in [-0.2, 0) is 9.59 Å². The van der Waals surface area contributed by atoms with E-state index in [1.807, 2.05) is 32.9 Å². The molecule has 0 bridgehead atoms. The molecular formula is C20H23F2N3O2. The molecule has 0 aliphatic heterocycles. The van der Waals surface area contributed by atoms with Crippen LogP contribution in [0.2, 0.25) is 0 Å². The van der Waals surface area contributed by atoms with Gasteiger partial charge in [-0.15, -0.1) is 0 Å². The lowest BCUT2D eigenvalue weighted by Crippen LogP contribution is -2.36. The van der Waals surface area contributed by atoms with Crippen molar-refractivity contribution in [2.45, 2.75) is 20.8 Å². The molecule has 0 saturated carbocycles. The Bertz CT molecular complexity index is 845. The molecule has 0 atom stereocenters. The average Bonchev–Trinajstić information content (AvgIpc) is 2.53. The summed E-state index contributed by atoms with van der Waals surface area (Å²) < 4.78 is 26.5. The minimum atomic E-state index is -0.853. The van der Waals surface area contributed by atoms with Crippen LogP contribution in [0.4, 0.5) is 20.2 Å². The van der Waals surface area contributed by atoms with Gasteiger partial charge in [0.25, 0.3) is 0 Å². The highest BCUT2D eigenvalue weighted by Crippen LogP contribution is 2.21. The van der Waals surface area contributed by atoms with E-state index in [0.29, 0.717) is 6.07 Å². The number of carbonyl (C=O) groups is 2. The molecule has 0 radical (unpaired) electrons. The van der Waals surface area contributed by atoms with E-state index in [9.17, 15) is 18.4 Å². The van der Waals surface area contributed by atoms with Crippen LogP contribution >= 0.6 is 0 Å². The Hall–Kier alpha value is -2.80. The predicted molar refractivity (Wildman–Crippen MR) is 102 cm³/mol. The molecule has 2 rings (SSSR count). The van der Waals surface area contributed by atoms with E-state index in [1.165, 1.54) is 4.90 Å². The fraction of sp³-hybridized carbons (Fsp3) is 0.300. The summed E-state index contributed by atoms with van der Waals surface area (Å²) in [7, 11) is 1.61. The van der Waals surface area contributed by atoms with Gasteiger partial charge in [0.15, 0.2) is 0 Å². The molecule has 0 heterocycles. The molecule has 7 heteroatoms. The van der Waals surface area contributed by atoms with Crippen LogP contribution in [0.3, 0.4) is 0 Å². The zero-order valence-corrected chi connectivity index (χ0v) is 15.8. The number of benzene rings is 2. The molecule has 2 amide bonds. The van der Waals surface area contributed by atoms with Gasteiger partial charge in [-0.25, -0.2) is 8.78 Å². The summed E-state index contributed by atoms with van der Waals surface area (Å²) in [5.41, 5.74) is 3.70. The van der Waals surface area contributed by atoms with E-state index in [0.717, 1.165) is 34.5 Å². The fourth-order valence-electron chi connectivity index (χ4n) is 2.88. The summed E-state index contributed by atoms with van der Waals surface area (Å²) in [6, 6.07) is 6.87. The normalized spacial score (nSPS) is 10.8. The van der Waals surface area contributed by atoms with Crippen molar-refractivity contribution < 1.29 is 18.4 Å². The number of anilines is 2. The Labute approximate surface area is 157 Å². The highest BCUT2D eigenvalue weighted by molar-refractivity contribution is 5.95. The summed E-state index contributed by atoms with van der Waals surface area (Å²) in [6.45, 7) is 5.71. The van der Waals surface area contributed by atoms with Crippen molar-refractivity contribution in [1.82, 2.24) is 4.90 Å². The Balaban J connectivity index is 1.90. The Kier molecular flexibility index (Phi) is 6.63. The number of nitrogens with one attached hydrogen (secondary N) is 2. The van der Waals surface area contributed by atoms with Gasteiger partial charge in [-0.3, -0.25) is 14.5 Å². The topological polar surface area (TPSA) is 61.4 Å². The minimum Gasteiger partial charge on any atom is -0.324 e. The van der Waals surface area contributed by atoms with E-state index in [-0.39, 0.29) is 24.7 Å². The monoisotopic (exact) mass is 375 g/mol. The van der Waals surface area contributed by atoms with Crippen molar-refractivity contribution >= 4 is 23.2 Å². The molecule has 0 fully saturated rings. The molecule has 0 aliphatic carbocycles. The van der Waals surface area contributed by atoms with Gasteiger partial charge < -0.3 is 10.6 Å². The third-order valence-corrected chi connectivity index (χ3v) is 3.97. The number of aryl methyl sites for hydroxylation is 3. The van der Waals surface area contributed by atoms with E-state index < -0.39 is 17.5 Å². The standard InChI is InChI=1S/C20H23F2N3O2/c1-12-7-13(2)20(14(3)8-12)24-19(27)11-25(4)10-18(26)23-17-6-5-15(21)9-16(17)22/h5-9H,10-11H2,1-4H3,(H,23,26)(H,24,27). The molecular weight excluding hydrogens is 352 g/mol. The molecule has 0 unspecified atom stereocenters. The number of nitrogens with zero attached hydrogens (tertiary/aromatic N) is 1. The summed E-state index contributed by atoms with van der Waals surface area (Å²) >= 11 is 0. The maximum absolute atomic E-state index is 13.6. The third-order valence-electron chi connectivity index (χ3n) is 3.97. The lowest BCUT2D eigenvalue weighted by atomic mass is 10.1. The van der Waals surface area contributed by atoms with Crippen molar-refractivity contribution in [3.05, 3.63) is 58.7 Å². The van der Waals surface area contributed by atoms with Crippen molar-refractivity contribution in [1.29, 1.82) is 0 Å². The first-order valence-electron chi connectivity index (χ1n) is 8.47. The SMILES string of the molecule is Cc1cc(C)c(NC(=O)CN(C)CC(=O)Nc2ccc(F)cc2F)c(C)c1. The lowest BCUT2D eigenvalue weighted by Gasteiger charge is -2.18. The van der Waals surface area contributed by atoms with Gasteiger partial charge in [0.1, 0.15) is 11.6 Å². The quantitative estimate of drug-likeness (QED) is 0.814. The first kappa shape index (κ1) is 20.5. The number of rotatable bonds is 6. The number of hydrogen-bond donors (Lipinski definition) is 2. The van der Waals surface area contributed by atoms with Crippen LogP contribution in [0, 0.1) is 32.4 Å². The molecule has 2 aromatic carbocycles. The predicted octanol–water partition coefficient (Wildman–Crippen LogP) is 3.40. The average molecular weight is 375 g/mol. The third kappa shape index (κ3) is 5.86. The molecule has 2 aromatic rings. The smallest absolute Gasteiger partial charge is 0.238 e. The second kappa shape index (κ2) is 8.73. The highest BCUT2D eigenvalue weighted by atomic mass is 19.1. The minimum absolute atomic E-state index is 0.00786. The first-order valence-corrected chi connectivity index (χ1v) is 8.47. The summed E-state index contributed by atoms with van der Waals surface area (Å²) in [5.74, 6) is -2.33. The largest absolute Gasteiger partial charge is 0.324 e. The first-order chi connectivity index (χ1) is 12.7. The summed E-state index contributed by atoms with van der Waals surface area (Å²) in [4.78, 5) is 25.8. The maximum atomic E-state index is 13.6. The molecule has 27 heavy (non-hydrogen) atoms. The van der Waals surface area contributed by atoms with Gasteiger partial charge in [0.05, 0.1) is 18.8 Å². The lowest BCUT2D eigenvalue weighted by molar-refractivity contribution is -0.119. The second-order valence-electron chi connectivity index (χ2n) is 6.67. The van der Waals surface area contributed by atoms with Crippen molar-refractivity contribution in [2.75, 3.05) is 30.8 Å². The van der Waals surface area contributed by atoms with Crippen LogP contribution in [0.15, 0.2) is 30.3 Å². The summed E-state index contributed by atoms with van der Waals surface area (Å²) in [5, 5.41) is 5.22. The van der Waals surface area contributed by atoms with Gasteiger partial charge in [-0.1, -0.05) is 17.7 Å². The zero-order valence-electron chi connectivity index (χ0n) is 15.8. The van der Waals surface area contributed by atoms with E-state index in [2.05, 4.69) is 10.6 Å². The molecule has 0 aliphatic rings. The molecule has 0 spiro atoms. The second-order valence-corrected chi connectivity index (χ2v) is 6.67. The Morgan fingerprint density at radius 2 is 1.48 bits per heavy atom. The van der Waals surface area contributed by atoms with Crippen LogP contribution in [0.5, 0.6) is 0 Å². The van der Waals surface area contributed by atoms with Crippen LogP contribution in [-0.4, -0.2) is 36.9 Å².